The van der Waals surface area contributed by atoms with Crippen LogP contribution < -0.4 is 0 Å². The van der Waals surface area contributed by atoms with Crippen LogP contribution in [0.5, 0.6) is 0 Å². The van der Waals surface area contributed by atoms with Crippen molar-refractivity contribution in [1.29, 1.82) is 0 Å². The highest BCUT2D eigenvalue weighted by molar-refractivity contribution is 6.13. The van der Waals surface area contributed by atoms with E-state index >= 15 is 0 Å². The van der Waals surface area contributed by atoms with Gasteiger partial charge in [0.05, 0.1) is 17.1 Å². The number of pyridine rings is 1. The molecule has 1 aliphatic carbocycles. The van der Waals surface area contributed by atoms with Crippen LogP contribution in [0.15, 0.2) is 74.6 Å². The Bertz CT molecular complexity index is 1300. The second kappa shape index (κ2) is 10.6. The number of allylic oxidation sites excluding steroid dienone is 7. The fourth-order valence-electron chi connectivity index (χ4n) is 5.52. The van der Waals surface area contributed by atoms with Crippen LogP contribution in [0, 0.1) is 20.8 Å². The lowest BCUT2D eigenvalue weighted by atomic mass is 9.96. The second-order valence-corrected chi connectivity index (χ2v) is 9.54. The van der Waals surface area contributed by atoms with E-state index in [-0.39, 0.29) is 0 Å². The lowest BCUT2D eigenvalue weighted by molar-refractivity contribution is 1.05. The maximum absolute atomic E-state index is 5.15. The number of aliphatic imine (C=N–C) groups is 1. The van der Waals surface area contributed by atoms with Gasteiger partial charge in [0.1, 0.15) is 0 Å². The highest BCUT2D eigenvalue weighted by Gasteiger charge is 2.26. The summed E-state index contributed by atoms with van der Waals surface area (Å²) in [6.45, 7) is 15.6. The van der Waals surface area contributed by atoms with Crippen LogP contribution in [0.2, 0.25) is 0 Å². The molecule has 0 fully saturated rings. The average Bonchev–Trinajstić information content (AvgIpc) is 3.46. The van der Waals surface area contributed by atoms with Gasteiger partial charge >= 0.3 is 0 Å². The molecule has 0 saturated carbocycles. The fourth-order valence-corrected chi connectivity index (χ4v) is 5.52. The molecule has 0 saturated heterocycles. The molecule has 0 radical (unpaired) electrons. The SMILES string of the molecule is CCC1=C(CC)C(=Cc2[nH]c(C)c(C)c2C)CC1=CC1=NC(=Cc2ccccn2)C(CC)=C1CC. The zero-order valence-electron chi connectivity index (χ0n) is 22.5. The van der Waals surface area contributed by atoms with Gasteiger partial charge in [0.2, 0.25) is 0 Å². The largest absolute Gasteiger partial charge is 0.359 e. The third-order valence-corrected chi connectivity index (χ3v) is 7.61. The van der Waals surface area contributed by atoms with Crippen LogP contribution in [0.25, 0.3) is 12.2 Å². The first-order valence-corrected chi connectivity index (χ1v) is 13.1. The molecule has 0 atom stereocenters. The Morgan fingerprint density at radius 2 is 1.43 bits per heavy atom. The Kier molecular flexibility index (Phi) is 7.54. The van der Waals surface area contributed by atoms with E-state index in [1.54, 1.807) is 0 Å². The van der Waals surface area contributed by atoms with Crippen LogP contribution >= 0.6 is 0 Å². The monoisotopic (exact) mass is 465 g/mol. The molecule has 0 amide bonds. The molecule has 0 unspecified atom stereocenters. The molecule has 3 heteroatoms. The number of hydrogen-bond acceptors (Lipinski definition) is 2. The van der Waals surface area contributed by atoms with E-state index in [4.69, 9.17) is 4.99 Å². The first-order chi connectivity index (χ1) is 16.9. The summed E-state index contributed by atoms with van der Waals surface area (Å²) in [5.74, 6) is 0. The number of aryl methyl sites for hydroxylation is 1. The summed E-state index contributed by atoms with van der Waals surface area (Å²) >= 11 is 0. The summed E-state index contributed by atoms with van der Waals surface area (Å²) in [5.41, 5.74) is 17.0. The van der Waals surface area contributed by atoms with E-state index in [0.29, 0.717) is 0 Å². The molecule has 182 valence electrons. The van der Waals surface area contributed by atoms with Gasteiger partial charge in [-0.25, -0.2) is 4.99 Å². The lowest BCUT2D eigenvalue weighted by Gasteiger charge is -2.07. The molecule has 0 spiro atoms. The third kappa shape index (κ3) is 4.82. The molecule has 1 N–H and O–H groups in total. The summed E-state index contributed by atoms with van der Waals surface area (Å²) in [4.78, 5) is 13.2. The van der Waals surface area contributed by atoms with Gasteiger partial charge in [-0.2, -0.15) is 0 Å². The highest BCUT2D eigenvalue weighted by atomic mass is 14.8. The van der Waals surface area contributed by atoms with Gasteiger partial charge in [-0.3, -0.25) is 4.98 Å². The van der Waals surface area contributed by atoms with Gasteiger partial charge < -0.3 is 4.98 Å². The maximum atomic E-state index is 5.15. The van der Waals surface area contributed by atoms with Gasteiger partial charge in [-0.05, 0) is 128 Å². The topological polar surface area (TPSA) is 41.0 Å². The number of aromatic amines is 1. The van der Waals surface area contributed by atoms with E-state index in [0.717, 1.165) is 49.2 Å². The van der Waals surface area contributed by atoms with E-state index in [1.165, 1.54) is 56.0 Å². The van der Waals surface area contributed by atoms with Gasteiger partial charge in [0, 0.05) is 17.6 Å². The normalized spacial score (nSPS) is 19.7. The van der Waals surface area contributed by atoms with Crippen LogP contribution in [-0.2, 0) is 0 Å². The predicted molar refractivity (Wildman–Crippen MR) is 151 cm³/mol. The van der Waals surface area contributed by atoms with Crippen molar-refractivity contribution < 1.29 is 0 Å². The first kappa shape index (κ1) is 24.9. The van der Waals surface area contributed by atoms with Crippen molar-refractivity contribution in [3.05, 3.63) is 97.8 Å². The standard InChI is InChI=1S/C32H39N3/c1-8-26-23(17-30-21(6)20(5)22(7)34-30)16-24(27(26)9-2)18-31-28(10-3)29(11-4)32(35-31)19-25-14-12-13-15-33-25/h12-15,17-19,34H,8-11,16H2,1-7H3. The Morgan fingerprint density at radius 3 is 1.97 bits per heavy atom. The summed E-state index contributed by atoms with van der Waals surface area (Å²) in [7, 11) is 0. The molecular formula is C32H39N3. The molecule has 0 bridgehead atoms. The highest BCUT2D eigenvalue weighted by Crippen LogP contribution is 2.42. The summed E-state index contributed by atoms with van der Waals surface area (Å²) in [6, 6.07) is 6.03. The van der Waals surface area contributed by atoms with Crippen LogP contribution in [0.4, 0.5) is 0 Å². The van der Waals surface area contributed by atoms with E-state index in [2.05, 4.69) is 76.7 Å². The van der Waals surface area contributed by atoms with Gasteiger partial charge in [-0.1, -0.05) is 33.8 Å². The van der Waals surface area contributed by atoms with Crippen LogP contribution in [-0.4, -0.2) is 15.7 Å². The Balaban J connectivity index is 1.77. The smallest absolute Gasteiger partial charge is 0.0693 e. The van der Waals surface area contributed by atoms with Crippen molar-refractivity contribution >= 4 is 17.9 Å². The predicted octanol–water partition coefficient (Wildman–Crippen LogP) is 8.78. The number of nitrogens with one attached hydrogen (secondary N) is 1. The van der Waals surface area contributed by atoms with Crippen molar-refractivity contribution in [3.63, 3.8) is 0 Å². The maximum Gasteiger partial charge on any atom is 0.0693 e. The lowest BCUT2D eigenvalue weighted by Crippen LogP contribution is -1.99. The first-order valence-electron chi connectivity index (χ1n) is 13.1. The minimum atomic E-state index is 0.960. The Hall–Kier alpha value is -3.20. The number of rotatable bonds is 7. The quantitative estimate of drug-likeness (QED) is 0.436. The molecule has 1 aliphatic heterocycles. The molecule has 2 aliphatic rings. The van der Waals surface area contributed by atoms with E-state index < -0.39 is 0 Å². The molecular weight excluding hydrogens is 426 g/mol. The Labute approximate surface area is 211 Å². The second-order valence-electron chi connectivity index (χ2n) is 9.54. The summed E-state index contributed by atoms with van der Waals surface area (Å²) in [5, 5.41) is 0. The molecule has 4 rings (SSSR count). The van der Waals surface area contributed by atoms with Crippen LogP contribution in [0.3, 0.4) is 0 Å². The van der Waals surface area contributed by atoms with E-state index in [9.17, 15) is 0 Å². The molecule has 2 aromatic rings. The minimum Gasteiger partial charge on any atom is -0.359 e. The number of hydrogen-bond donors (Lipinski definition) is 1. The molecule has 2 aromatic heterocycles. The van der Waals surface area contributed by atoms with Crippen molar-refractivity contribution in [3.8, 4) is 0 Å². The number of nitrogens with zero attached hydrogens (tertiary/aromatic N) is 2. The van der Waals surface area contributed by atoms with Gasteiger partial charge in [0.25, 0.3) is 0 Å². The summed E-state index contributed by atoms with van der Waals surface area (Å²) < 4.78 is 0. The number of aromatic nitrogens is 2. The van der Waals surface area contributed by atoms with E-state index in [1.807, 2.05) is 24.4 Å². The summed E-state index contributed by atoms with van der Waals surface area (Å²) in [6.07, 6.45) is 13.8. The minimum absolute atomic E-state index is 0.960. The van der Waals surface area contributed by atoms with Crippen molar-refractivity contribution in [2.45, 2.75) is 80.6 Å². The molecule has 3 nitrogen and oxygen atoms in total. The third-order valence-electron chi connectivity index (χ3n) is 7.61. The van der Waals surface area contributed by atoms with Crippen molar-refractivity contribution in [2.24, 2.45) is 4.99 Å². The van der Waals surface area contributed by atoms with Crippen molar-refractivity contribution in [1.82, 2.24) is 9.97 Å². The van der Waals surface area contributed by atoms with Crippen molar-refractivity contribution in [2.75, 3.05) is 0 Å². The number of H-pyrrole nitrogens is 1. The van der Waals surface area contributed by atoms with Gasteiger partial charge in [-0.15, -0.1) is 0 Å². The van der Waals surface area contributed by atoms with Gasteiger partial charge in [0.15, 0.2) is 0 Å². The zero-order chi connectivity index (χ0) is 25.1. The zero-order valence-corrected chi connectivity index (χ0v) is 22.5. The molecule has 35 heavy (non-hydrogen) atoms. The van der Waals surface area contributed by atoms with Crippen LogP contribution in [0.1, 0.15) is 88.0 Å². The molecule has 3 heterocycles. The Morgan fingerprint density at radius 1 is 0.771 bits per heavy atom. The molecule has 0 aromatic carbocycles. The fraction of sp³-hybridized carbons (Fsp3) is 0.375. The average molecular weight is 466 g/mol.